The van der Waals surface area contributed by atoms with Crippen LogP contribution in [0.4, 0.5) is 10.5 Å². The monoisotopic (exact) mass is 349 g/mol. The summed E-state index contributed by atoms with van der Waals surface area (Å²) in [5, 5.41) is 5.69. The predicted octanol–water partition coefficient (Wildman–Crippen LogP) is 2.72. The normalized spacial score (nSPS) is 22.1. The van der Waals surface area contributed by atoms with Gasteiger partial charge in [0.2, 0.25) is 5.88 Å². The second kappa shape index (κ2) is 8.01. The molecule has 0 radical (unpaired) electrons. The highest BCUT2D eigenvalue weighted by Crippen LogP contribution is 2.37. The zero-order valence-electron chi connectivity index (χ0n) is 14.9. The van der Waals surface area contributed by atoms with Gasteiger partial charge in [0.25, 0.3) is 0 Å². The number of hydrogen-bond donors (Lipinski definition) is 2. The van der Waals surface area contributed by atoms with E-state index in [1.807, 2.05) is 13.8 Å². The number of pyridine rings is 1. The summed E-state index contributed by atoms with van der Waals surface area (Å²) in [6.45, 7) is 5.91. The molecule has 0 aromatic carbocycles. The lowest BCUT2D eigenvalue weighted by molar-refractivity contribution is -0.101. The van der Waals surface area contributed by atoms with Gasteiger partial charge in [-0.3, -0.25) is 0 Å². The minimum atomic E-state index is -0.252. The molecule has 25 heavy (non-hydrogen) atoms. The number of carbonyl (C=O) groups excluding carboxylic acids is 1. The molecule has 1 unspecified atom stereocenters. The number of hydrogen-bond acceptors (Lipinski definition) is 5. The van der Waals surface area contributed by atoms with Crippen LogP contribution in [0.3, 0.4) is 0 Å². The number of carbonyl (C=O) groups is 1. The van der Waals surface area contributed by atoms with E-state index in [4.69, 9.17) is 14.2 Å². The first kappa shape index (κ1) is 17.9. The average molecular weight is 349 g/mol. The van der Waals surface area contributed by atoms with Crippen molar-refractivity contribution >= 4 is 11.7 Å². The van der Waals surface area contributed by atoms with E-state index in [1.54, 1.807) is 18.3 Å². The Bertz CT molecular complexity index is 587. The Morgan fingerprint density at radius 2 is 2.20 bits per heavy atom. The first-order chi connectivity index (χ1) is 12.0. The summed E-state index contributed by atoms with van der Waals surface area (Å²) in [6, 6.07) is 3.19. The van der Waals surface area contributed by atoms with Crippen LogP contribution in [0.25, 0.3) is 0 Å². The molecule has 2 aliphatic heterocycles. The highest BCUT2D eigenvalue weighted by Gasteiger charge is 2.41. The van der Waals surface area contributed by atoms with Crippen LogP contribution in [-0.2, 0) is 9.47 Å². The first-order valence-corrected chi connectivity index (χ1v) is 8.98. The van der Waals surface area contributed by atoms with Crippen LogP contribution in [0.15, 0.2) is 18.3 Å². The molecule has 1 spiro atoms. The fraction of sp³-hybridized carbons (Fsp3) is 0.667. The molecule has 138 valence electrons. The number of urea groups is 1. The number of aromatic nitrogens is 1. The molecule has 2 amide bonds. The van der Waals surface area contributed by atoms with Gasteiger partial charge in [-0.25, -0.2) is 9.78 Å². The van der Waals surface area contributed by atoms with E-state index in [-0.39, 0.29) is 23.8 Å². The summed E-state index contributed by atoms with van der Waals surface area (Å²) < 4.78 is 17.1. The van der Waals surface area contributed by atoms with Gasteiger partial charge in [-0.2, -0.15) is 0 Å². The quantitative estimate of drug-likeness (QED) is 0.854. The highest BCUT2D eigenvalue weighted by atomic mass is 16.5. The van der Waals surface area contributed by atoms with Crippen molar-refractivity contribution in [3.8, 4) is 5.88 Å². The molecule has 2 aliphatic rings. The largest absolute Gasteiger partial charge is 0.475 e. The van der Waals surface area contributed by atoms with Gasteiger partial charge in [-0.15, -0.1) is 0 Å². The summed E-state index contributed by atoms with van der Waals surface area (Å²) in [5.41, 5.74) is 0.617. The third kappa shape index (κ3) is 5.06. The van der Waals surface area contributed by atoms with E-state index >= 15 is 0 Å². The second-order valence-corrected chi connectivity index (χ2v) is 6.96. The number of nitrogens with one attached hydrogen (secondary N) is 2. The third-order valence-corrected chi connectivity index (χ3v) is 4.58. The SMILES string of the molecule is CC(C)Oc1cc(NC(=O)NCC2CCC3(CCOCC3)O2)ccn1. The van der Waals surface area contributed by atoms with Crippen molar-refractivity contribution in [3.63, 3.8) is 0 Å². The standard InChI is InChI=1S/C18H27N3O4/c1-13(2)24-16-11-14(4-8-19-16)21-17(22)20-12-15-3-5-18(25-15)6-9-23-10-7-18/h4,8,11,13,15H,3,5-7,9-10,12H2,1-2H3,(H2,19,20,21,22). The Kier molecular flexibility index (Phi) is 5.75. The molecule has 7 nitrogen and oxygen atoms in total. The van der Waals surface area contributed by atoms with Gasteiger partial charge in [0.05, 0.1) is 17.8 Å². The molecule has 1 aromatic rings. The molecular weight excluding hydrogens is 322 g/mol. The number of ether oxygens (including phenoxy) is 3. The maximum Gasteiger partial charge on any atom is 0.319 e. The van der Waals surface area contributed by atoms with Crippen LogP contribution in [0, 0.1) is 0 Å². The van der Waals surface area contributed by atoms with Gasteiger partial charge in [0.15, 0.2) is 0 Å². The number of rotatable bonds is 5. The molecule has 0 bridgehead atoms. The predicted molar refractivity (Wildman–Crippen MR) is 93.9 cm³/mol. The van der Waals surface area contributed by atoms with Crippen molar-refractivity contribution in [3.05, 3.63) is 18.3 Å². The molecule has 3 rings (SSSR count). The van der Waals surface area contributed by atoms with Crippen LogP contribution in [0.5, 0.6) is 5.88 Å². The summed E-state index contributed by atoms with van der Waals surface area (Å²) in [7, 11) is 0. The number of anilines is 1. The summed E-state index contributed by atoms with van der Waals surface area (Å²) in [6.07, 6.45) is 5.64. The first-order valence-electron chi connectivity index (χ1n) is 8.98. The molecular formula is C18H27N3O4. The van der Waals surface area contributed by atoms with Gasteiger partial charge in [-0.05, 0) is 45.6 Å². The van der Waals surface area contributed by atoms with E-state index in [9.17, 15) is 4.79 Å². The topological polar surface area (TPSA) is 81.7 Å². The second-order valence-electron chi connectivity index (χ2n) is 6.96. The van der Waals surface area contributed by atoms with Gasteiger partial charge in [0.1, 0.15) is 0 Å². The Hall–Kier alpha value is -1.86. The molecule has 3 heterocycles. The Morgan fingerprint density at radius 1 is 1.40 bits per heavy atom. The highest BCUT2D eigenvalue weighted by molar-refractivity contribution is 5.89. The lowest BCUT2D eigenvalue weighted by Gasteiger charge is -2.33. The van der Waals surface area contributed by atoms with E-state index in [0.29, 0.717) is 18.1 Å². The maximum absolute atomic E-state index is 12.1. The van der Waals surface area contributed by atoms with Gasteiger partial charge >= 0.3 is 6.03 Å². The molecule has 2 fully saturated rings. The van der Waals surface area contributed by atoms with Gasteiger partial charge < -0.3 is 24.8 Å². The minimum absolute atomic E-state index is 0.0325. The van der Waals surface area contributed by atoms with Crippen molar-refractivity contribution in [2.75, 3.05) is 25.1 Å². The van der Waals surface area contributed by atoms with E-state index < -0.39 is 0 Å². The number of amides is 2. The van der Waals surface area contributed by atoms with Crippen LogP contribution in [0.1, 0.15) is 39.5 Å². The van der Waals surface area contributed by atoms with E-state index in [1.165, 1.54) is 0 Å². The summed E-state index contributed by atoms with van der Waals surface area (Å²) >= 11 is 0. The number of nitrogens with zero attached hydrogens (tertiary/aromatic N) is 1. The summed E-state index contributed by atoms with van der Waals surface area (Å²) in [5.74, 6) is 0.494. The lowest BCUT2D eigenvalue weighted by Crippen LogP contribution is -2.39. The smallest absolute Gasteiger partial charge is 0.319 e. The van der Waals surface area contributed by atoms with E-state index in [0.717, 1.165) is 38.9 Å². The van der Waals surface area contributed by atoms with Crippen LogP contribution < -0.4 is 15.4 Å². The zero-order chi connectivity index (χ0) is 17.7. The van der Waals surface area contributed by atoms with Crippen LogP contribution in [-0.4, -0.2) is 48.6 Å². The Balaban J connectivity index is 1.44. The molecule has 1 atom stereocenters. The maximum atomic E-state index is 12.1. The fourth-order valence-electron chi connectivity index (χ4n) is 3.33. The van der Waals surface area contributed by atoms with Crippen molar-refractivity contribution in [2.24, 2.45) is 0 Å². The van der Waals surface area contributed by atoms with Crippen molar-refractivity contribution in [1.29, 1.82) is 0 Å². The molecule has 7 heteroatoms. The van der Waals surface area contributed by atoms with Crippen molar-refractivity contribution < 1.29 is 19.0 Å². The Morgan fingerprint density at radius 3 is 2.96 bits per heavy atom. The zero-order valence-corrected chi connectivity index (χ0v) is 14.9. The van der Waals surface area contributed by atoms with Crippen LogP contribution >= 0.6 is 0 Å². The minimum Gasteiger partial charge on any atom is -0.475 e. The van der Waals surface area contributed by atoms with E-state index in [2.05, 4.69) is 15.6 Å². The van der Waals surface area contributed by atoms with Gasteiger partial charge in [0, 0.05) is 37.7 Å². The average Bonchev–Trinajstić information content (AvgIpc) is 2.96. The fourth-order valence-corrected chi connectivity index (χ4v) is 3.33. The molecule has 2 N–H and O–H groups in total. The lowest BCUT2D eigenvalue weighted by atomic mass is 9.91. The Labute approximate surface area is 148 Å². The molecule has 2 saturated heterocycles. The molecule has 1 aromatic heterocycles. The van der Waals surface area contributed by atoms with Crippen LogP contribution in [0.2, 0.25) is 0 Å². The summed E-state index contributed by atoms with van der Waals surface area (Å²) in [4.78, 5) is 16.2. The van der Waals surface area contributed by atoms with Gasteiger partial charge in [-0.1, -0.05) is 0 Å². The third-order valence-electron chi connectivity index (χ3n) is 4.58. The van der Waals surface area contributed by atoms with Crippen molar-refractivity contribution in [1.82, 2.24) is 10.3 Å². The molecule has 0 saturated carbocycles. The molecule has 0 aliphatic carbocycles. The van der Waals surface area contributed by atoms with Crippen molar-refractivity contribution in [2.45, 2.75) is 57.3 Å².